The van der Waals surface area contributed by atoms with Crippen LogP contribution in [0.2, 0.25) is 0 Å². The number of carbonyl (C=O) groups is 1. The molecule has 1 unspecified atom stereocenters. The molecule has 2 heterocycles. The minimum atomic E-state index is -3.56. The van der Waals surface area contributed by atoms with Gasteiger partial charge in [-0.2, -0.15) is 0 Å². The number of imidazole rings is 1. The molecule has 0 saturated heterocycles. The van der Waals surface area contributed by atoms with Crippen molar-refractivity contribution < 1.29 is 17.9 Å². The molecule has 4 rings (SSSR count). The lowest BCUT2D eigenvalue weighted by Gasteiger charge is -2.34. The van der Waals surface area contributed by atoms with Gasteiger partial charge in [0.2, 0.25) is 10.0 Å². The highest BCUT2D eigenvalue weighted by molar-refractivity contribution is 7.92. The van der Waals surface area contributed by atoms with Crippen molar-refractivity contribution in [2.75, 3.05) is 17.1 Å². The molecule has 32 heavy (non-hydrogen) atoms. The van der Waals surface area contributed by atoms with Crippen LogP contribution in [0.5, 0.6) is 5.75 Å². The van der Waals surface area contributed by atoms with Crippen molar-refractivity contribution in [3.63, 3.8) is 0 Å². The van der Waals surface area contributed by atoms with Gasteiger partial charge in [0.1, 0.15) is 11.6 Å². The van der Waals surface area contributed by atoms with Crippen molar-refractivity contribution in [2.45, 2.75) is 33.0 Å². The maximum absolute atomic E-state index is 12.8. The van der Waals surface area contributed by atoms with Crippen LogP contribution in [0.3, 0.4) is 0 Å². The van der Waals surface area contributed by atoms with E-state index in [0.717, 1.165) is 28.8 Å². The molecule has 1 atom stereocenters. The highest BCUT2D eigenvalue weighted by atomic mass is 32.2. The van der Waals surface area contributed by atoms with E-state index >= 15 is 0 Å². The fourth-order valence-corrected chi connectivity index (χ4v) is 4.63. The average molecular weight is 455 g/mol. The first-order chi connectivity index (χ1) is 15.2. The molecule has 1 aliphatic rings. The molecule has 8 nitrogen and oxygen atoms in total. The zero-order valence-corrected chi connectivity index (χ0v) is 19.1. The van der Waals surface area contributed by atoms with Crippen LogP contribution in [0.4, 0.5) is 5.69 Å². The molecule has 0 spiro atoms. The first-order valence-corrected chi connectivity index (χ1v) is 12.1. The summed E-state index contributed by atoms with van der Waals surface area (Å²) in [6.45, 7) is 4.77. The zero-order chi connectivity index (χ0) is 22.9. The van der Waals surface area contributed by atoms with Crippen LogP contribution in [-0.2, 0) is 27.9 Å². The number of hydrogen-bond acceptors (Lipinski definition) is 5. The van der Waals surface area contributed by atoms with Crippen molar-refractivity contribution >= 4 is 21.6 Å². The van der Waals surface area contributed by atoms with Crippen molar-refractivity contribution in [3.05, 3.63) is 77.4 Å². The van der Waals surface area contributed by atoms with Gasteiger partial charge in [0, 0.05) is 25.5 Å². The number of nitrogens with one attached hydrogen (secondary N) is 1. The monoisotopic (exact) mass is 454 g/mol. The number of sulfonamides is 1. The fraction of sp³-hybridized carbons (Fsp3) is 0.304. The molecule has 168 valence electrons. The van der Waals surface area contributed by atoms with Crippen LogP contribution in [-0.4, -0.2) is 42.8 Å². The van der Waals surface area contributed by atoms with Crippen LogP contribution in [0.15, 0.2) is 54.9 Å². The summed E-state index contributed by atoms with van der Waals surface area (Å²) in [6, 6.07) is 13.2. The molecule has 0 aliphatic carbocycles. The second-order valence-electron chi connectivity index (χ2n) is 8.01. The number of anilines is 1. The first-order valence-electron chi connectivity index (χ1n) is 10.3. The first kappa shape index (κ1) is 21.9. The molecule has 0 saturated carbocycles. The number of ether oxygens (including phenoxy) is 1. The number of aryl methyl sites for hydroxylation is 2. The van der Waals surface area contributed by atoms with Crippen LogP contribution >= 0.6 is 0 Å². The minimum absolute atomic E-state index is 0.0684. The Kier molecular flexibility index (Phi) is 5.92. The Bertz CT molecular complexity index is 1250. The van der Waals surface area contributed by atoms with Crippen molar-refractivity contribution in [2.24, 2.45) is 0 Å². The van der Waals surface area contributed by atoms with Crippen molar-refractivity contribution in [3.8, 4) is 5.75 Å². The van der Waals surface area contributed by atoms with E-state index in [4.69, 9.17) is 4.74 Å². The van der Waals surface area contributed by atoms with Crippen LogP contribution in [0.25, 0.3) is 0 Å². The summed E-state index contributed by atoms with van der Waals surface area (Å²) in [6.07, 6.45) is 3.89. The average Bonchev–Trinajstić information content (AvgIpc) is 3.15. The summed E-state index contributed by atoms with van der Waals surface area (Å²) in [5.41, 5.74) is 3.41. The summed E-state index contributed by atoms with van der Waals surface area (Å²) >= 11 is 0. The topological polar surface area (TPSA) is 93.5 Å². The largest absolute Gasteiger partial charge is 0.476 e. The molecule has 2 aromatic carbocycles. The smallest absolute Gasteiger partial charge is 0.263 e. The molecular formula is C23H26N4O4S. The van der Waals surface area contributed by atoms with E-state index < -0.39 is 16.1 Å². The molecule has 0 bridgehead atoms. The lowest BCUT2D eigenvalue weighted by atomic mass is 10.1. The summed E-state index contributed by atoms with van der Waals surface area (Å²) in [5.74, 6) is 0.954. The quantitative estimate of drug-likeness (QED) is 0.617. The van der Waals surface area contributed by atoms with Gasteiger partial charge in [-0.25, -0.2) is 13.4 Å². The lowest BCUT2D eigenvalue weighted by molar-refractivity contribution is -0.127. The third-order valence-electron chi connectivity index (χ3n) is 5.41. The van der Waals surface area contributed by atoms with Crippen LogP contribution in [0.1, 0.15) is 22.5 Å². The van der Waals surface area contributed by atoms with Gasteiger partial charge >= 0.3 is 0 Å². The Balaban J connectivity index is 1.45. The summed E-state index contributed by atoms with van der Waals surface area (Å²) in [7, 11) is -3.56. The zero-order valence-electron chi connectivity index (χ0n) is 18.3. The second kappa shape index (κ2) is 8.66. The maximum Gasteiger partial charge on any atom is 0.263 e. The third-order valence-corrected chi connectivity index (χ3v) is 6.56. The van der Waals surface area contributed by atoms with E-state index in [1.54, 1.807) is 18.3 Å². The Morgan fingerprint density at radius 1 is 1.19 bits per heavy atom. The van der Waals surface area contributed by atoms with Crippen molar-refractivity contribution in [1.29, 1.82) is 0 Å². The number of carbonyl (C=O) groups excluding carboxylic acids is 1. The Morgan fingerprint density at radius 2 is 1.97 bits per heavy atom. The Labute approximate surface area is 187 Å². The lowest BCUT2D eigenvalue weighted by Crippen LogP contribution is -2.50. The van der Waals surface area contributed by atoms with Gasteiger partial charge in [-0.3, -0.25) is 9.10 Å². The van der Waals surface area contributed by atoms with E-state index in [0.29, 0.717) is 24.5 Å². The highest BCUT2D eigenvalue weighted by Gasteiger charge is 2.35. The van der Waals surface area contributed by atoms with Gasteiger partial charge in [0.15, 0.2) is 6.10 Å². The van der Waals surface area contributed by atoms with Gasteiger partial charge in [-0.15, -0.1) is 0 Å². The summed E-state index contributed by atoms with van der Waals surface area (Å²) in [5, 5.41) is 2.88. The Morgan fingerprint density at radius 3 is 2.69 bits per heavy atom. The number of amides is 1. The normalized spacial score (nSPS) is 15.7. The van der Waals surface area contributed by atoms with Crippen molar-refractivity contribution in [1.82, 2.24) is 14.9 Å². The van der Waals surface area contributed by atoms with Crippen LogP contribution < -0.4 is 14.4 Å². The summed E-state index contributed by atoms with van der Waals surface area (Å²) in [4.78, 5) is 17.1. The number of hydrogen-bond donors (Lipinski definition) is 1. The highest BCUT2D eigenvalue weighted by Crippen LogP contribution is 2.35. The predicted octanol–water partition coefficient (Wildman–Crippen LogP) is 2.39. The minimum Gasteiger partial charge on any atom is -0.476 e. The van der Waals surface area contributed by atoms with Gasteiger partial charge in [-0.05, 0) is 42.7 Å². The SMILES string of the molecule is Cc1ccc2c(c1)N(S(C)(=O)=O)CC(C(=O)NCc1cccc(Cn3ccnc3C)c1)O2. The number of fused-ring (bicyclic) bond motifs is 1. The van der Waals surface area contributed by atoms with Gasteiger partial charge in [0.05, 0.1) is 18.5 Å². The van der Waals surface area contributed by atoms with E-state index in [1.165, 1.54) is 4.31 Å². The molecule has 0 radical (unpaired) electrons. The molecule has 1 amide bonds. The number of nitrogens with zero attached hydrogens (tertiary/aromatic N) is 3. The molecule has 0 fully saturated rings. The van der Waals surface area contributed by atoms with E-state index in [9.17, 15) is 13.2 Å². The van der Waals surface area contributed by atoms with Gasteiger partial charge in [0.25, 0.3) is 5.91 Å². The second-order valence-corrected chi connectivity index (χ2v) is 9.92. The predicted molar refractivity (Wildman–Crippen MR) is 122 cm³/mol. The Hall–Kier alpha value is -3.33. The maximum atomic E-state index is 12.8. The van der Waals surface area contributed by atoms with Crippen LogP contribution in [0, 0.1) is 13.8 Å². The molecule has 1 N–H and O–H groups in total. The van der Waals surface area contributed by atoms with E-state index in [-0.39, 0.29) is 12.5 Å². The summed E-state index contributed by atoms with van der Waals surface area (Å²) < 4.78 is 33.8. The number of rotatable bonds is 6. The molecule has 3 aromatic rings. The van der Waals surface area contributed by atoms with Gasteiger partial charge in [-0.1, -0.05) is 30.3 Å². The molecular weight excluding hydrogens is 428 g/mol. The van der Waals surface area contributed by atoms with E-state index in [1.807, 2.05) is 54.9 Å². The molecule has 9 heteroatoms. The molecule has 1 aromatic heterocycles. The number of aromatic nitrogens is 2. The number of benzene rings is 2. The van der Waals surface area contributed by atoms with E-state index in [2.05, 4.69) is 10.3 Å². The molecule has 1 aliphatic heterocycles. The third kappa shape index (κ3) is 4.77. The standard InChI is InChI=1S/C23H26N4O4S/c1-16-7-8-21-20(11-16)27(32(3,29)30)15-22(31-21)23(28)25-13-18-5-4-6-19(12-18)14-26-10-9-24-17(26)2/h4-12,22H,13-15H2,1-3H3,(H,25,28). The van der Waals surface area contributed by atoms with Gasteiger partial charge < -0.3 is 14.6 Å². The fourth-order valence-electron chi connectivity index (χ4n) is 3.72.